The summed E-state index contributed by atoms with van der Waals surface area (Å²) in [6.45, 7) is -1.14. The Morgan fingerprint density at radius 2 is 1.93 bits per heavy atom. The van der Waals surface area contributed by atoms with Crippen LogP contribution in [0.5, 0.6) is 0 Å². The first-order chi connectivity index (χ1) is 19.7. The van der Waals surface area contributed by atoms with Gasteiger partial charge in [-0.3, -0.25) is 19.1 Å². The van der Waals surface area contributed by atoms with Crippen molar-refractivity contribution in [2.75, 3.05) is 5.32 Å². The summed E-state index contributed by atoms with van der Waals surface area (Å²) in [5.41, 5.74) is 2.97. The number of aromatic nitrogens is 6. The molecule has 2 atom stereocenters. The Balaban J connectivity index is 1.47. The number of nitrogens with zero attached hydrogens (tertiary/aromatic N) is 6. The van der Waals surface area contributed by atoms with Crippen molar-refractivity contribution in [1.82, 2.24) is 28.9 Å². The van der Waals surface area contributed by atoms with Gasteiger partial charge in [0, 0.05) is 53.0 Å². The van der Waals surface area contributed by atoms with Crippen LogP contribution in [-0.4, -0.2) is 34.8 Å². The van der Waals surface area contributed by atoms with E-state index >= 15 is 0 Å². The Bertz CT molecular complexity index is 1840. The maximum atomic E-state index is 13.9. The first kappa shape index (κ1) is 26.8. The number of carbonyl (C=O) groups excluding carboxylic acids is 1. The third kappa shape index (κ3) is 4.90. The Hall–Kier alpha value is -4.38. The zero-order valence-corrected chi connectivity index (χ0v) is 23.0. The van der Waals surface area contributed by atoms with Gasteiger partial charge in [-0.25, -0.2) is 9.67 Å². The average Bonchev–Trinajstić information content (AvgIpc) is 3.54. The molecule has 210 valence electrons. The molecule has 1 aromatic carbocycles. The van der Waals surface area contributed by atoms with Gasteiger partial charge in [0.1, 0.15) is 0 Å². The van der Waals surface area contributed by atoms with E-state index in [9.17, 15) is 18.4 Å². The highest BCUT2D eigenvalue weighted by Gasteiger charge is 2.26. The van der Waals surface area contributed by atoms with Crippen LogP contribution in [0.25, 0.3) is 33.4 Å². The van der Waals surface area contributed by atoms with Crippen LogP contribution in [0.4, 0.5) is 14.5 Å². The molecule has 41 heavy (non-hydrogen) atoms. The third-order valence-corrected chi connectivity index (χ3v) is 7.80. The summed E-state index contributed by atoms with van der Waals surface area (Å²) in [5, 5.41) is 8.03. The summed E-state index contributed by atoms with van der Waals surface area (Å²) in [6.07, 6.45) is 7.75. The van der Waals surface area contributed by atoms with Crippen LogP contribution < -0.4 is 10.9 Å². The molecule has 12 heteroatoms. The second kappa shape index (κ2) is 10.5. The van der Waals surface area contributed by atoms with Crippen molar-refractivity contribution in [3.05, 3.63) is 82.4 Å². The Kier molecular flexibility index (Phi) is 6.90. The van der Waals surface area contributed by atoms with Gasteiger partial charge < -0.3 is 9.88 Å². The molecule has 0 saturated heterocycles. The van der Waals surface area contributed by atoms with Crippen molar-refractivity contribution >= 4 is 34.1 Å². The van der Waals surface area contributed by atoms with Crippen LogP contribution in [0.15, 0.2) is 66.1 Å². The van der Waals surface area contributed by atoms with E-state index in [0.717, 1.165) is 16.5 Å². The molecular formula is C29H26ClF2N7O2. The maximum Gasteiger partial charge on any atom is 0.333 e. The molecule has 5 aromatic rings. The van der Waals surface area contributed by atoms with Crippen LogP contribution in [0.2, 0.25) is 5.02 Å². The molecule has 0 aliphatic carbocycles. The number of benzene rings is 1. The number of amides is 1. The second-order valence-electron chi connectivity index (χ2n) is 10.3. The van der Waals surface area contributed by atoms with Crippen LogP contribution in [0.3, 0.4) is 0 Å². The molecule has 4 aromatic heterocycles. The second-order valence-corrected chi connectivity index (χ2v) is 10.7. The number of carbonyl (C=O) groups is 1. The first-order valence-electron chi connectivity index (χ1n) is 13.2. The van der Waals surface area contributed by atoms with Crippen molar-refractivity contribution in [2.24, 2.45) is 13.0 Å². The molecule has 5 heterocycles. The maximum absolute atomic E-state index is 13.9. The van der Waals surface area contributed by atoms with Crippen LogP contribution in [-0.2, 0) is 11.8 Å². The molecule has 1 aliphatic rings. The lowest BCUT2D eigenvalue weighted by Gasteiger charge is -2.22. The topological polar surface area (TPSA) is 99.6 Å². The lowest BCUT2D eigenvalue weighted by atomic mass is 9.97. The number of halogens is 3. The molecule has 2 bridgehead atoms. The van der Waals surface area contributed by atoms with Crippen molar-refractivity contribution in [1.29, 1.82) is 0 Å². The van der Waals surface area contributed by atoms with E-state index in [-0.39, 0.29) is 22.8 Å². The quantitative estimate of drug-likeness (QED) is 0.281. The summed E-state index contributed by atoms with van der Waals surface area (Å²) in [4.78, 5) is 35.7. The van der Waals surface area contributed by atoms with Crippen LogP contribution in [0, 0.1) is 5.92 Å². The number of pyridine rings is 1. The molecule has 0 fully saturated rings. The minimum absolute atomic E-state index is 0.0666. The Labute approximate surface area is 238 Å². The standard InChI is InChI=1S/C29H26ClF2N7O2/c1-16-4-3-5-24(22-11-17(6-8-33-22)27-23(36-28(16)41)14-35-39(27)29(31)32)38-15-34-21(13-25(38)40)20-12-19(30)10-18-7-9-37(2)26(18)20/h6-16,24,29H,3-5H2,1-2H3,(H,36,41)/t16-,24?/m1/s1. The predicted octanol–water partition coefficient (Wildman–Crippen LogP) is 6.06. The van der Waals surface area contributed by atoms with Gasteiger partial charge in [-0.15, -0.1) is 0 Å². The summed E-state index contributed by atoms with van der Waals surface area (Å²) < 4.78 is 31.8. The molecule has 1 amide bonds. The molecular weight excluding hydrogens is 552 g/mol. The SMILES string of the molecule is C[C@@H]1CCCC(n2cnc(-c3cc(Cl)cc4ccn(C)c34)cc2=O)c2cc(ccn2)-c2c(cnn2C(F)F)NC1=O. The number of fused-ring (bicyclic) bond motifs is 5. The summed E-state index contributed by atoms with van der Waals surface area (Å²) in [7, 11) is 1.91. The largest absolute Gasteiger partial charge is 0.350 e. The molecule has 1 unspecified atom stereocenters. The summed E-state index contributed by atoms with van der Waals surface area (Å²) in [6, 6.07) is 9.76. The zero-order chi connectivity index (χ0) is 28.8. The lowest BCUT2D eigenvalue weighted by Crippen LogP contribution is -2.27. The number of anilines is 1. The highest BCUT2D eigenvalue weighted by Crippen LogP contribution is 2.35. The van der Waals surface area contributed by atoms with Gasteiger partial charge in [0.05, 0.1) is 46.9 Å². The van der Waals surface area contributed by atoms with E-state index in [0.29, 0.717) is 45.9 Å². The number of alkyl halides is 2. The number of rotatable bonds is 3. The Morgan fingerprint density at radius 1 is 1.10 bits per heavy atom. The normalized spacial score (nSPS) is 17.7. The van der Waals surface area contributed by atoms with Gasteiger partial charge in [0.25, 0.3) is 5.56 Å². The minimum atomic E-state index is -2.92. The molecule has 0 saturated carbocycles. The van der Waals surface area contributed by atoms with Gasteiger partial charge in [-0.05, 0) is 43.2 Å². The fourth-order valence-corrected chi connectivity index (χ4v) is 5.72. The van der Waals surface area contributed by atoms with Gasteiger partial charge >= 0.3 is 6.55 Å². The smallest absolute Gasteiger partial charge is 0.333 e. The van der Waals surface area contributed by atoms with Gasteiger partial charge in [-0.2, -0.15) is 13.9 Å². The van der Waals surface area contributed by atoms with E-state index < -0.39 is 18.5 Å². The number of hydrogen-bond donors (Lipinski definition) is 1. The van der Waals surface area contributed by atoms with E-state index in [1.54, 1.807) is 25.1 Å². The Morgan fingerprint density at radius 3 is 2.71 bits per heavy atom. The van der Waals surface area contributed by atoms with Gasteiger partial charge in [0.15, 0.2) is 0 Å². The fraction of sp³-hybridized carbons (Fsp3) is 0.276. The molecule has 0 spiro atoms. The molecule has 0 radical (unpaired) electrons. The van der Waals surface area contributed by atoms with E-state index in [1.165, 1.54) is 29.4 Å². The highest BCUT2D eigenvalue weighted by atomic mass is 35.5. The first-order valence-corrected chi connectivity index (χ1v) is 13.5. The van der Waals surface area contributed by atoms with E-state index in [4.69, 9.17) is 11.6 Å². The van der Waals surface area contributed by atoms with Crippen molar-refractivity contribution in [3.8, 4) is 22.5 Å². The van der Waals surface area contributed by atoms with Crippen molar-refractivity contribution in [3.63, 3.8) is 0 Å². The van der Waals surface area contributed by atoms with E-state index in [2.05, 4.69) is 20.4 Å². The number of hydrogen-bond acceptors (Lipinski definition) is 5. The van der Waals surface area contributed by atoms with E-state index in [1.807, 2.05) is 29.9 Å². The van der Waals surface area contributed by atoms with Gasteiger partial charge in [-0.1, -0.05) is 24.9 Å². The number of aryl methyl sites for hydroxylation is 1. The predicted molar refractivity (Wildman–Crippen MR) is 152 cm³/mol. The van der Waals surface area contributed by atoms with Crippen molar-refractivity contribution in [2.45, 2.75) is 38.8 Å². The van der Waals surface area contributed by atoms with Gasteiger partial charge in [0.2, 0.25) is 5.91 Å². The lowest BCUT2D eigenvalue weighted by molar-refractivity contribution is -0.119. The molecule has 1 aliphatic heterocycles. The highest BCUT2D eigenvalue weighted by molar-refractivity contribution is 6.32. The zero-order valence-electron chi connectivity index (χ0n) is 22.3. The summed E-state index contributed by atoms with van der Waals surface area (Å²) >= 11 is 6.37. The third-order valence-electron chi connectivity index (χ3n) is 7.58. The number of nitrogens with one attached hydrogen (secondary N) is 1. The summed E-state index contributed by atoms with van der Waals surface area (Å²) in [5.74, 6) is -0.681. The molecule has 6 rings (SSSR count). The molecule has 1 N–H and O–H groups in total. The minimum Gasteiger partial charge on any atom is -0.350 e. The fourth-order valence-electron chi connectivity index (χ4n) is 5.50. The van der Waals surface area contributed by atoms with Crippen LogP contribution >= 0.6 is 11.6 Å². The van der Waals surface area contributed by atoms with Crippen LogP contribution in [0.1, 0.15) is 44.5 Å². The molecule has 9 nitrogen and oxygen atoms in total. The monoisotopic (exact) mass is 577 g/mol. The average molecular weight is 578 g/mol. The van der Waals surface area contributed by atoms with Crippen molar-refractivity contribution < 1.29 is 13.6 Å².